The first-order valence-corrected chi connectivity index (χ1v) is 11.3. The van der Waals surface area contributed by atoms with E-state index >= 15 is 0 Å². The lowest BCUT2D eigenvalue weighted by atomic mass is 10.1. The fourth-order valence-corrected chi connectivity index (χ4v) is 4.16. The van der Waals surface area contributed by atoms with Crippen molar-refractivity contribution in [1.82, 2.24) is 4.98 Å². The molecular formula is C24H23N3O7S. The molecule has 0 bridgehead atoms. The van der Waals surface area contributed by atoms with Gasteiger partial charge in [-0.2, -0.15) is 0 Å². The molecular weight excluding hydrogens is 474 g/mol. The molecule has 182 valence electrons. The van der Waals surface area contributed by atoms with E-state index in [4.69, 9.17) is 14.2 Å². The van der Waals surface area contributed by atoms with Crippen molar-refractivity contribution in [3.8, 4) is 5.88 Å². The number of nitrogens with one attached hydrogen (secondary N) is 2. The highest BCUT2D eigenvalue weighted by Crippen LogP contribution is 2.34. The molecule has 0 unspecified atom stereocenters. The van der Waals surface area contributed by atoms with E-state index < -0.39 is 30.4 Å². The summed E-state index contributed by atoms with van der Waals surface area (Å²) < 4.78 is 15.2. The number of rotatable bonds is 9. The molecule has 0 aliphatic carbocycles. The van der Waals surface area contributed by atoms with Gasteiger partial charge < -0.3 is 24.8 Å². The summed E-state index contributed by atoms with van der Waals surface area (Å²) in [5.41, 5.74) is 1.05. The molecule has 10 nitrogen and oxygen atoms in total. The van der Waals surface area contributed by atoms with Gasteiger partial charge in [-0.1, -0.05) is 18.2 Å². The standard InChI is InChI=1S/C24H23N3O7S/c1-4-33-24(31)18-14(2)19(20(29)26-15-9-6-5-7-10-15)35-22(18)27-17(28)13-34-23(30)16-11-8-12-25-21(16)32-3/h5-12H,4,13H2,1-3H3,(H,26,29)(H,27,28). The summed E-state index contributed by atoms with van der Waals surface area (Å²) in [6.45, 7) is 2.71. The van der Waals surface area contributed by atoms with Gasteiger partial charge in [0.1, 0.15) is 10.6 Å². The van der Waals surface area contributed by atoms with Crippen molar-refractivity contribution < 1.29 is 33.4 Å². The summed E-state index contributed by atoms with van der Waals surface area (Å²) >= 11 is 0.917. The Kier molecular flexibility index (Phi) is 8.52. The number of benzene rings is 1. The Morgan fingerprint density at radius 1 is 0.971 bits per heavy atom. The largest absolute Gasteiger partial charge is 0.480 e. The lowest BCUT2D eigenvalue weighted by Crippen LogP contribution is -2.22. The molecule has 2 heterocycles. The summed E-state index contributed by atoms with van der Waals surface area (Å²) in [6.07, 6.45) is 1.45. The van der Waals surface area contributed by atoms with Crippen LogP contribution in [-0.4, -0.2) is 49.1 Å². The predicted octanol–water partition coefficient (Wildman–Crippen LogP) is 3.68. The zero-order chi connectivity index (χ0) is 25.4. The molecule has 0 radical (unpaired) electrons. The number of pyridine rings is 1. The number of para-hydroxylation sites is 1. The van der Waals surface area contributed by atoms with E-state index in [-0.39, 0.29) is 33.5 Å². The van der Waals surface area contributed by atoms with Gasteiger partial charge in [0.05, 0.1) is 24.2 Å². The zero-order valence-electron chi connectivity index (χ0n) is 19.2. The minimum Gasteiger partial charge on any atom is -0.480 e. The Bertz CT molecular complexity index is 1240. The Balaban J connectivity index is 1.77. The fraction of sp³-hybridized carbons (Fsp3) is 0.208. The molecule has 3 aromatic rings. The first-order valence-electron chi connectivity index (χ1n) is 10.5. The summed E-state index contributed by atoms with van der Waals surface area (Å²) in [5, 5.41) is 5.40. The number of carbonyl (C=O) groups is 4. The van der Waals surface area contributed by atoms with Crippen molar-refractivity contribution in [3.63, 3.8) is 0 Å². The van der Waals surface area contributed by atoms with Crippen LogP contribution in [0, 0.1) is 6.92 Å². The van der Waals surface area contributed by atoms with Crippen LogP contribution in [0.15, 0.2) is 48.7 Å². The molecule has 3 rings (SSSR count). The van der Waals surface area contributed by atoms with Crippen LogP contribution >= 0.6 is 11.3 Å². The number of thiophene rings is 1. The first-order chi connectivity index (χ1) is 16.8. The van der Waals surface area contributed by atoms with E-state index in [1.807, 2.05) is 6.07 Å². The fourth-order valence-electron chi connectivity index (χ4n) is 3.06. The molecule has 35 heavy (non-hydrogen) atoms. The van der Waals surface area contributed by atoms with Crippen LogP contribution in [0.1, 0.15) is 42.9 Å². The number of aromatic nitrogens is 1. The molecule has 0 spiro atoms. The van der Waals surface area contributed by atoms with Crippen molar-refractivity contribution in [2.24, 2.45) is 0 Å². The van der Waals surface area contributed by atoms with E-state index in [0.29, 0.717) is 11.3 Å². The van der Waals surface area contributed by atoms with Crippen LogP contribution < -0.4 is 15.4 Å². The number of esters is 2. The van der Waals surface area contributed by atoms with Crippen molar-refractivity contribution in [2.75, 3.05) is 31.0 Å². The number of amides is 2. The molecule has 0 atom stereocenters. The molecule has 2 amide bonds. The molecule has 0 fully saturated rings. The van der Waals surface area contributed by atoms with Gasteiger partial charge in [-0.05, 0) is 43.7 Å². The lowest BCUT2D eigenvalue weighted by molar-refractivity contribution is -0.119. The number of methoxy groups -OCH3 is 1. The number of carbonyl (C=O) groups excluding carboxylic acids is 4. The number of hydrogen-bond donors (Lipinski definition) is 2. The van der Waals surface area contributed by atoms with E-state index in [1.165, 1.54) is 25.4 Å². The van der Waals surface area contributed by atoms with Gasteiger partial charge in [-0.3, -0.25) is 9.59 Å². The first kappa shape index (κ1) is 25.4. The smallest absolute Gasteiger partial charge is 0.344 e. The number of ether oxygens (including phenoxy) is 3. The normalized spacial score (nSPS) is 10.3. The van der Waals surface area contributed by atoms with Gasteiger partial charge >= 0.3 is 11.9 Å². The minimum absolute atomic E-state index is 0.0573. The molecule has 0 saturated carbocycles. The second kappa shape index (κ2) is 11.7. The minimum atomic E-state index is -0.805. The SMILES string of the molecule is CCOC(=O)c1c(NC(=O)COC(=O)c2cccnc2OC)sc(C(=O)Nc2ccccc2)c1C. The van der Waals surface area contributed by atoms with Crippen LogP contribution in [0.5, 0.6) is 5.88 Å². The number of nitrogens with zero attached hydrogens (tertiary/aromatic N) is 1. The Morgan fingerprint density at radius 3 is 2.40 bits per heavy atom. The maximum atomic E-state index is 12.8. The highest BCUT2D eigenvalue weighted by molar-refractivity contribution is 7.19. The van der Waals surface area contributed by atoms with Gasteiger partial charge in [-0.25, -0.2) is 14.6 Å². The van der Waals surface area contributed by atoms with E-state index in [2.05, 4.69) is 15.6 Å². The van der Waals surface area contributed by atoms with Crippen molar-refractivity contribution in [3.05, 3.63) is 70.2 Å². The van der Waals surface area contributed by atoms with E-state index in [1.54, 1.807) is 38.1 Å². The molecule has 0 aliphatic rings. The molecule has 2 aromatic heterocycles. The average molecular weight is 498 g/mol. The molecule has 11 heteroatoms. The second-order valence-corrected chi connectivity index (χ2v) is 8.01. The quantitative estimate of drug-likeness (QED) is 0.428. The number of anilines is 2. The highest BCUT2D eigenvalue weighted by Gasteiger charge is 2.27. The summed E-state index contributed by atoms with van der Waals surface area (Å²) in [6, 6.07) is 11.8. The molecule has 1 aromatic carbocycles. The van der Waals surface area contributed by atoms with Gasteiger partial charge in [0.2, 0.25) is 5.88 Å². The predicted molar refractivity (Wildman–Crippen MR) is 129 cm³/mol. The van der Waals surface area contributed by atoms with Gasteiger partial charge in [0.15, 0.2) is 6.61 Å². The van der Waals surface area contributed by atoms with Crippen molar-refractivity contribution >= 4 is 45.8 Å². The molecule has 2 N–H and O–H groups in total. The van der Waals surface area contributed by atoms with E-state index in [0.717, 1.165) is 11.3 Å². The van der Waals surface area contributed by atoms with Crippen molar-refractivity contribution in [2.45, 2.75) is 13.8 Å². The van der Waals surface area contributed by atoms with Crippen LogP contribution in [0.25, 0.3) is 0 Å². The van der Waals surface area contributed by atoms with Gasteiger partial charge in [0, 0.05) is 11.9 Å². The molecule has 0 saturated heterocycles. The maximum absolute atomic E-state index is 12.8. The van der Waals surface area contributed by atoms with Gasteiger partial charge in [0.25, 0.3) is 11.8 Å². The monoisotopic (exact) mass is 497 g/mol. The lowest BCUT2D eigenvalue weighted by Gasteiger charge is -2.09. The van der Waals surface area contributed by atoms with Crippen LogP contribution in [0.3, 0.4) is 0 Å². The Hall–Kier alpha value is -4.25. The Morgan fingerprint density at radius 2 is 1.71 bits per heavy atom. The van der Waals surface area contributed by atoms with Gasteiger partial charge in [-0.15, -0.1) is 11.3 Å². The average Bonchev–Trinajstić information content (AvgIpc) is 3.18. The van der Waals surface area contributed by atoms with Crippen LogP contribution in [0.4, 0.5) is 10.7 Å². The molecule has 0 aliphatic heterocycles. The highest BCUT2D eigenvalue weighted by atomic mass is 32.1. The second-order valence-electron chi connectivity index (χ2n) is 6.99. The third kappa shape index (κ3) is 6.21. The summed E-state index contributed by atoms with van der Waals surface area (Å²) in [4.78, 5) is 54.4. The summed E-state index contributed by atoms with van der Waals surface area (Å²) in [7, 11) is 1.35. The Labute approximate surface area is 205 Å². The maximum Gasteiger partial charge on any atom is 0.344 e. The third-order valence-corrected chi connectivity index (χ3v) is 5.84. The van der Waals surface area contributed by atoms with E-state index in [9.17, 15) is 19.2 Å². The number of hydrogen-bond acceptors (Lipinski definition) is 9. The van der Waals surface area contributed by atoms with Crippen LogP contribution in [0.2, 0.25) is 0 Å². The zero-order valence-corrected chi connectivity index (χ0v) is 20.1. The summed E-state index contributed by atoms with van der Waals surface area (Å²) in [5.74, 6) is -2.58. The third-order valence-electron chi connectivity index (χ3n) is 4.64. The van der Waals surface area contributed by atoms with Crippen molar-refractivity contribution in [1.29, 1.82) is 0 Å². The topological polar surface area (TPSA) is 133 Å². The van der Waals surface area contributed by atoms with Crippen LogP contribution in [-0.2, 0) is 14.3 Å².